The second-order valence-electron chi connectivity index (χ2n) is 4.10. The van der Waals surface area contributed by atoms with Crippen LogP contribution in [0.5, 0.6) is 0 Å². The van der Waals surface area contributed by atoms with E-state index in [9.17, 15) is 14.9 Å². The average molecular weight is 291 g/mol. The number of nitro groups is 1. The smallest absolute Gasteiger partial charge is 0.293 e. The summed E-state index contributed by atoms with van der Waals surface area (Å²) in [5.74, 6) is 0. The minimum Gasteiger partial charge on any atom is -0.375 e. The van der Waals surface area contributed by atoms with Crippen molar-refractivity contribution >= 4 is 29.3 Å². The molecule has 0 amide bonds. The van der Waals surface area contributed by atoms with Crippen molar-refractivity contribution in [3.8, 4) is 0 Å². The lowest BCUT2D eigenvalue weighted by Gasteiger charge is -2.08. The maximum absolute atomic E-state index is 11.0. The second kappa shape index (κ2) is 6.16. The third-order valence-corrected chi connectivity index (χ3v) is 3.15. The summed E-state index contributed by atoms with van der Waals surface area (Å²) in [4.78, 5) is 21.1. The molecule has 2 aromatic rings. The number of benzene rings is 2. The van der Waals surface area contributed by atoms with Gasteiger partial charge in [0.25, 0.3) is 5.69 Å². The van der Waals surface area contributed by atoms with Crippen molar-refractivity contribution in [2.75, 3.05) is 5.32 Å². The van der Waals surface area contributed by atoms with Crippen molar-refractivity contribution in [3.05, 3.63) is 68.7 Å². The highest BCUT2D eigenvalue weighted by molar-refractivity contribution is 6.31. The summed E-state index contributed by atoms with van der Waals surface area (Å²) in [6.07, 6.45) is 0.574. The highest BCUT2D eigenvalue weighted by atomic mass is 35.5. The standard InChI is InChI=1S/C14H11ClN2O3/c15-12-4-2-1-3-11(12)8-16-13-6-5-10(9-18)7-14(13)17(19)20/h1-7,9,16H,8H2. The Labute approximate surface area is 120 Å². The van der Waals surface area contributed by atoms with Gasteiger partial charge in [0, 0.05) is 23.2 Å². The molecule has 2 aromatic carbocycles. The number of carbonyl (C=O) groups is 1. The summed E-state index contributed by atoms with van der Waals surface area (Å²) in [7, 11) is 0. The van der Waals surface area contributed by atoms with Crippen molar-refractivity contribution in [2.45, 2.75) is 6.54 Å². The summed E-state index contributed by atoms with van der Waals surface area (Å²) in [6.45, 7) is 0.362. The van der Waals surface area contributed by atoms with Gasteiger partial charge in [-0.15, -0.1) is 0 Å². The fourth-order valence-electron chi connectivity index (χ4n) is 1.75. The average Bonchev–Trinajstić information content (AvgIpc) is 2.46. The Morgan fingerprint density at radius 1 is 1.25 bits per heavy atom. The van der Waals surface area contributed by atoms with Gasteiger partial charge in [-0.05, 0) is 23.8 Å². The minimum absolute atomic E-state index is 0.137. The first-order chi connectivity index (χ1) is 9.61. The predicted octanol–water partition coefficient (Wildman–Crippen LogP) is 3.67. The van der Waals surface area contributed by atoms with Crippen LogP contribution in [0.4, 0.5) is 11.4 Å². The van der Waals surface area contributed by atoms with Crippen LogP contribution in [-0.4, -0.2) is 11.2 Å². The molecule has 20 heavy (non-hydrogen) atoms. The van der Waals surface area contributed by atoms with E-state index in [1.165, 1.54) is 18.2 Å². The third kappa shape index (κ3) is 3.13. The zero-order valence-corrected chi connectivity index (χ0v) is 11.1. The van der Waals surface area contributed by atoms with Gasteiger partial charge in [-0.1, -0.05) is 29.8 Å². The number of hydrogen-bond acceptors (Lipinski definition) is 4. The Balaban J connectivity index is 2.23. The van der Waals surface area contributed by atoms with E-state index < -0.39 is 4.92 Å². The molecule has 0 saturated carbocycles. The first kappa shape index (κ1) is 14.0. The number of carbonyl (C=O) groups excluding carboxylic acids is 1. The van der Waals surface area contributed by atoms with Crippen molar-refractivity contribution in [2.24, 2.45) is 0 Å². The number of halogens is 1. The molecular weight excluding hydrogens is 280 g/mol. The molecule has 0 radical (unpaired) electrons. The van der Waals surface area contributed by atoms with E-state index in [1.807, 2.05) is 18.2 Å². The van der Waals surface area contributed by atoms with E-state index in [0.29, 0.717) is 23.5 Å². The lowest BCUT2D eigenvalue weighted by atomic mass is 10.1. The van der Waals surface area contributed by atoms with Gasteiger partial charge in [0.2, 0.25) is 0 Å². The van der Waals surface area contributed by atoms with Gasteiger partial charge in [0.1, 0.15) is 12.0 Å². The van der Waals surface area contributed by atoms with E-state index in [1.54, 1.807) is 6.07 Å². The number of nitrogens with zero attached hydrogens (tertiary/aromatic N) is 1. The molecule has 5 nitrogen and oxygen atoms in total. The van der Waals surface area contributed by atoms with E-state index in [4.69, 9.17) is 11.6 Å². The van der Waals surface area contributed by atoms with Crippen molar-refractivity contribution in [1.29, 1.82) is 0 Å². The fraction of sp³-hybridized carbons (Fsp3) is 0.0714. The minimum atomic E-state index is -0.526. The predicted molar refractivity (Wildman–Crippen MR) is 77.3 cm³/mol. The maximum atomic E-state index is 11.0. The number of anilines is 1. The van der Waals surface area contributed by atoms with Crippen LogP contribution in [0.2, 0.25) is 5.02 Å². The van der Waals surface area contributed by atoms with Gasteiger partial charge in [-0.3, -0.25) is 14.9 Å². The summed E-state index contributed by atoms with van der Waals surface area (Å²) in [5.41, 5.74) is 1.31. The van der Waals surface area contributed by atoms with Crippen molar-refractivity contribution in [1.82, 2.24) is 0 Å². The molecule has 0 aliphatic heterocycles. The normalized spacial score (nSPS) is 10.1. The zero-order valence-electron chi connectivity index (χ0n) is 10.4. The molecule has 0 fully saturated rings. The second-order valence-corrected chi connectivity index (χ2v) is 4.50. The highest BCUT2D eigenvalue weighted by Crippen LogP contribution is 2.26. The van der Waals surface area contributed by atoms with Crippen LogP contribution < -0.4 is 5.32 Å². The van der Waals surface area contributed by atoms with E-state index in [-0.39, 0.29) is 11.3 Å². The Hall–Kier alpha value is -2.40. The molecule has 0 bridgehead atoms. The van der Waals surface area contributed by atoms with Crippen LogP contribution in [0, 0.1) is 10.1 Å². The Bertz CT molecular complexity index is 659. The Morgan fingerprint density at radius 2 is 2.00 bits per heavy atom. The van der Waals surface area contributed by atoms with E-state index >= 15 is 0 Å². The largest absolute Gasteiger partial charge is 0.375 e. The van der Waals surface area contributed by atoms with Crippen molar-refractivity contribution in [3.63, 3.8) is 0 Å². The van der Waals surface area contributed by atoms with Gasteiger partial charge >= 0.3 is 0 Å². The van der Waals surface area contributed by atoms with Gasteiger partial charge in [0.05, 0.1) is 4.92 Å². The molecule has 1 N–H and O–H groups in total. The SMILES string of the molecule is O=Cc1ccc(NCc2ccccc2Cl)c([N+](=O)[O-])c1. The van der Waals surface area contributed by atoms with Gasteiger partial charge in [-0.25, -0.2) is 0 Å². The van der Waals surface area contributed by atoms with Crippen molar-refractivity contribution < 1.29 is 9.72 Å². The molecule has 0 unspecified atom stereocenters. The molecule has 0 aliphatic carbocycles. The number of nitro benzene ring substituents is 1. The highest BCUT2D eigenvalue weighted by Gasteiger charge is 2.14. The van der Waals surface area contributed by atoms with E-state index in [0.717, 1.165) is 5.56 Å². The lowest BCUT2D eigenvalue weighted by molar-refractivity contribution is -0.384. The Morgan fingerprint density at radius 3 is 2.65 bits per heavy atom. The zero-order chi connectivity index (χ0) is 14.5. The molecule has 0 atom stereocenters. The number of aldehydes is 1. The quantitative estimate of drug-likeness (QED) is 0.518. The first-order valence-electron chi connectivity index (χ1n) is 5.82. The van der Waals surface area contributed by atoms with Gasteiger partial charge in [-0.2, -0.15) is 0 Å². The van der Waals surface area contributed by atoms with Crippen LogP contribution in [0.25, 0.3) is 0 Å². The summed E-state index contributed by atoms with van der Waals surface area (Å²) >= 11 is 6.02. The molecule has 102 valence electrons. The monoisotopic (exact) mass is 290 g/mol. The van der Waals surface area contributed by atoms with Crippen LogP contribution in [0.1, 0.15) is 15.9 Å². The summed E-state index contributed by atoms with van der Waals surface area (Å²) < 4.78 is 0. The van der Waals surface area contributed by atoms with Crippen LogP contribution in [0.3, 0.4) is 0 Å². The molecule has 6 heteroatoms. The maximum Gasteiger partial charge on any atom is 0.293 e. The molecular formula is C14H11ClN2O3. The number of rotatable bonds is 5. The van der Waals surface area contributed by atoms with E-state index in [2.05, 4.69) is 5.32 Å². The van der Waals surface area contributed by atoms with Crippen LogP contribution >= 0.6 is 11.6 Å². The van der Waals surface area contributed by atoms with Gasteiger partial charge < -0.3 is 5.32 Å². The molecule has 0 aliphatic rings. The molecule has 0 spiro atoms. The lowest BCUT2D eigenvalue weighted by Crippen LogP contribution is -2.03. The first-order valence-corrected chi connectivity index (χ1v) is 6.20. The van der Waals surface area contributed by atoms with Crippen LogP contribution in [-0.2, 0) is 6.54 Å². The molecule has 0 aromatic heterocycles. The number of nitrogens with one attached hydrogen (secondary N) is 1. The Kier molecular flexibility index (Phi) is 4.32. The van der Waals surface area contributed by atoms with Crippen LogP contribution in [0.15, 0.2) is 42.5 Å². The number of hydrogen-bond donors (Lipinski definition) is 1. The molecule has 0 saturated heterocycles. The summed E-state index contributed by atoms with van der Waals surface area (Å²) in [5, 5.41) is 14.5. The molecule has 0 heterocycles. The van der Waals surface area contributed by atoms with Gasteiger partial charge in [0.15, 0.2) is 0 Å². The molecule has 2 rings (SSSR count). The summed E-state index contributed by atoms with van der Waals surface area (Å²) in [6, 6.07) is 11.5. The topological polar surface area (TPSA) is 72.2 Å². The fourth-order valence-corrected chi connectivity index (χ4v) is 1.96. The third-order valence-electron chi connectivity index (χ3n) is 2.78.